The van der Waals surface area contributed by atoms with Crippen LogP contribution in [-0.2, 0) is 14.8 Å². The minimum atomic E-state index is -3.63. The van der Waals surface area contributed by atoms with E-state index in [-0.39, 0.29) is 4.90 Å². The van der Waals surface area contributed by atoms with E-state index in [1.165, 1.54) is 18.4 Å². The van der Waals surface area contributed by atoms with Crippen LogP contribution < -0.4 is 20.3 Å². The van der Waals surface area contributed by atoms with E-state index in [4.69, 9.17) is 9.47 Å². The Morgan fingerprint density at radius 2 is 1.77 bits per heavy atom. The predicted molar refractivity (Wildman–Crippen MR) is 142 cm³/mol. The van der Waals surface area contributed by atoms with Crippen molar-refractivity contribution in [2.45, 2.75) is 4.90 Å². The third-order valence-corrected chi connectivity index (χ3v) is 8.10. The number of ether oxygens (including phenoxy) is 2. The molecule has 3 aromatic rings. The summed E-state index contributed by atoms with van der Waals surface area (Å²) in [4.78, 5) is 6.90. The minimum absolute atomic E-state index is 0.184. The number of aromatic nitrogens is 1. The molecule has 186 valence electrons. The van der Waals surface area contributed by atoms with Gasteiger partial charge >= 0.3 is 0 Å². The summed E-state index contributed by atoms with van der Waals surface area (Å²) in [6.07, 6.45) is 1.66. The van der Waals surface area contributed by atoms with Crippen molar-refractivity contribution >= 4 is 54.5 Å². The van der Waals surface area contributed by atoms with Crippen molar-refractivity contribution in [3.05, 3.63) is 59.2 Å². The van der Waals surface area contributed by atoms with Crippen molar-refractivity contribution in [3.63, 3.8) is 0 Å². The molecular formula is C24H28BrN5O4S. The highest BCUT2D eigenvalue weighted by Crippen LogP contribution is 2.35. The molecule has 0 radical (unpaired) electrons. The summed E-state index contributed by atoms with van der Waals surface area (Å²) in [5, 5.41) is 6.53. The predicted octanol–water partition coefficient (Wildman–Crippen LogP) is 4.43. The molecule has 0 bridgehead atoms. The molecule has 2 N–H and O–H groups in total. The van der Waals surface area contributed by atoms with E-state index in [9.17, 15) is 8.42 Å². The molecule has 0 saturated carbocycles. The second-order valence-electron chi connectivity index (χ2n) is 8.07. The maximum absolute atomic E-state index is 12.8. The number of rotatable bonds is 8. The van der Waals surface area contributed by atoms with Gasteiger partial charge < -0.3 is 25.0 Å². The van der Waals surface area contributed by atoms with Gasteiger partial charge in [-0.25, -0.2) is 17.7 Å². The van der Waals surface area contributed by atoms with Crippen LogP contribution in [-0.4, -0.2) is 65.2 Å². The first-order valence-electron chi connectivity index (χ1n) is 11.0. The van der Waals surface area contributed by atoms with Gasteiger partial charge in [-0.2, -0.15) is 0 Å². The lowest BCUT2D eigenvalue weighted by Gasteiger charge is -2.29. The number of para-hydroxylation sites is 1. The van der Waals surface area contributed by atoms with Crippen LogP contribution in [0.1, 0.15) is 0 Å². The first kappa shape index (κ1) is 25.2. The molecule has 4 rings (SSSR count). The van der Waals surface area contributed by atoms with Gasteiger partial charge in [-0.05, 0) is 40.2 Å². The Morgan fingerprint density at radius 1 is 1.03 bits per heavy atom. The fourth-order valence-electron chi connectivity index (χ4n) is 3.68. The third-order valence-electron chi connectivity index (χ3n) is 5.59. The van der Waals surface area contributed by atoms with Crippen molar-refractivity contribution in [1.82, 2.24) is 9.29 Å². The van der Waals surface area contributed by atoms with Gasteiger partial charge in [0.25, 0.3) is 0 Å². The summed E-state index contributed by atoms with van der Waals surface area (Å²) in [6.45, 7) is 3.09. The lowest BCUT2D eigenvalue weighted by Crippen LogP contribution is -2.36. The topological polar surface area (TPSA) is 96.0 Å². The molecule has 0 unspecified atom stereocenters. The molecule has 1 aliphatic rings. The number of sulfonamides is 1. The molecule has 0 aliphatic carbocycles. The fraction of sp³-hybridized carbons (Fsp3) is 0.292. The molecule has 0 spiro atoms. The van der Waals surface area contributed by atoms with E-state index in [2.05, 4.69) is 36.4 Å². The first-order valence-corrected chi connectivity index (χ1v) is 13.2. The summed E-state index contributed by atoms with van der Waals surface area (Å²) in [6, 6.07) is 14.6. The monoisotopic (exact) mass is 561 g/mol. The van der Waals surface area contributed by atoms with E-state index < -0.39 is 10.0 Å². The molecule has 0 amide bonds. The standard InChI is InChI=1S/C24H28BrN5O4S/c1-29(2)35(31,32)23-7-5-4-6-20(23)27-21-15-24(26-16-18(21)25)28-19-9-8-17(14-22(19)33-3)30-10-12-34-13-11-30/h4-9,14-16H,10-13H2,1-3H3,(H2,26,27,28). The zero-order valence-corrected chi connectivity index (χ0v) is 22.2. The Bertz CT molecular complexity index is 1300. The highest BCUT2D eigenvalue weighted by molar-refractivity contribution is 9.10. The van der Waals surface area contributed by atoms with Crippen LogP contribution in [0.2, 0.25) is 0 Å². The Kier molecular flexibility index (Phi) is 7.80. The molecule has 9 nitrogen and oxygen atoms in total. The molecular weight excluding hydrogens is 534 g/mol. The number of anilines is 5. The molecule has 1 fully saturated rings. The van der Waals surface area contributed by atoms with Crippen molar-refractivity contribution in [1.29, 1.82) is 0 Å². The first-order chi connectivity index (χ1) is 16.8. The zero-order valence-electron chi connectivity index (χ0n) is 19.8. The van der Waals surface area contributed by atoms with Crippen molar-refractivity contribution in [2.75, 3.05) is 63.0 Å². The van der Waals surface area contributed by atoms with Gasteiger partial charge in [-0.1, -0.05) is 12.1 Å². The zero-order chi connectivity index (χ0) is 25.0. The van der Waals surface area contributed by atoms with Crippen molar-refractivity contribution in [3.8, 4) is 5.75 Å². The number of methoxy groups -OCH3 is 1. The number of hydrogen-bond acceptors (Lipinski definition) is 8. The molecule has 1 aliphatic heterocycles. The molecule has 35 heavy (non-hydrogen) atoms. The van der Waals surface area contributed by atoms with Crippen molar-refractivity contribution in [2.24, 2.45) is 0 Å². The number of nitrogens with one attached hydrogen (secondary N) is 2. The minimum Gasteiger partial charge on any atom is -0.494 e. The number of benzene rings is 2. The summed E-state index contributed by atoms with van der Waals surface area (Å²) in [7, 11) is 1.02. The van der Waals surface area contributed by atoms with Gasteiger partial charge in [-0.3, -0.25) is 0 Å². The van der Waals surface area contributed by atoms with Crippen LogP contribution in [0.15, 0.2) is 64.1 Å². The van der Waals surface area contributed by atoms with Gasteiger partial charge in [0.05, 0.1) is 41.9 Å². The summed E-state index contributed by atoms with van der Waals surface area (Å²) in [5.41, 5.74) is 2.96. The van der Waals surface area contributed by atoms with Crippen LogP contribution >= 0.6 is 15.9 Å². The maximum atomic E-state index is 12.8. The number of pyridine rings is 1. The Morgan fingerprint density at radius 3 is 2.49 bits per heavy atom. The fourth-order valence-corrected chi connectivity index (χ4v) is 5.04. The van der Waals surface area contributed by atoms with Crippen LogP contribution in [0.25, 0.3) is 0 Å². The van der Waals surface area contributed by atoms with Crippen LogP contribution in [0, 0.1) is 0 Å². The van der Waals surface area contributed by atoms with Gasteiger partial charge in [0.15, 0.2) is 0 Å². The maximum Gasteiger partial charge on any atom is 0.244 e. The molecule has 1 saturated heterocycles. The van der Waals surface area contributed by atoms with E-state index in [0.29, 0.717) is 40.6 Å². The Balaban J connectivity index is 1.60. The lowest BCUT2D eigenvalue weighted by molar-refractivity contribution is 0.122. The summed E-state index contributed by atoms with van der Waals surface area (Å²) >= 11 is 3.51. The summed E-state index contributed by atoms with van der Waals surface area (Å²) < 4.78 is 38.5. The normalized spacial score (nSPS) is 14.1. The van der Waals surface area contributed by atoms with E-state index in [1.54, 1.807) is 43.6 Å². The lowest BCUT2D eigenvalue weighted by atomic mass is 10.2. The van der Waals surface area contributed by atoms with E-state index in [1.807, 2.05) is 18.2 Å². The van der Waals surface area contributed by atoms with E-state index >= 15 is 0 Å². The molecule has 2 heterocycles. The molecule has 1 aromatic heterocycles. The van der Waals surface area contributed by atoms with Crippen LogP contribution in [0.4, 0.5) is 28.6 Å². The summed E-state index contributed by atoms with van der Waals surface area (Å²) in [5.74, 6) is 1.26. The quantitative estimate of drug-likeness (QED) is 0.417. The Hall–Kier alpha value is -2.86. The Labute approximate surface area is 214 Å². The SMILES string of the molecule is COc1cc(N2CCOCC2)ccc1Nc1cc(Nc2ccccc2S(=O)(=O)N(C)C)c(Br)cn1. The van der Waals surface area contributed by atoms with Crippen LogP contribution in [0.5, 0.6) is 5.75 Å². The van der Waals surface area contributed by atoms with Crippen molar-refractivity contribution < 1.29 is 17.9 Å². The van der Waals surface area contributed by atoms with Gasteiger partial charge in [0.1, 0.15) is 16.5 Å². The van der Waals surface area contributed by atoms with Gasteiger partial charge in [0.2, 0.25) is 10.0 Å². The highest BCUT2D eigenvalue weighted by atomic mass is 79.9. The molecule has 0 atom stereocenters. The molecule has 2 aromatic carbocycles. The second-order valence-corrected chi connectivity index (χ2v) is 11.0. The number of halogens is 1. The largest absolute Gasteiger partial charge is 0.494 e. The van der Waals surface area contributed by atoms with Gasteiger partial charge in [0, 0.05) is 51.2 Å². The number of hydrogen-bond donors (Lipinski definition) is 2. The van der Waals surface area contributed by atoms with Crippen LogP contribution in [0.3, 0.4) is 0 Å². The van der Waals surface area contributed by atoms with E-state index in [0.717, 1.165) is 24.5 Å². The smallest absolute Gasteiger partial charge is 0.244 e. The average Bonchev–Trinajstić information content (AvgIpc) is 2.87. The third kappa shape index (κ3) is 5.69. The highest BCUT2D eigenvalue weighted by Gasteiger charge is 2.21. The number of morpholine rings is 1. The molecule has 11 heteroatoms. The van der Waals surface area contributed by atoms with Gasteiger partial charge in [-0.15, -0.1) is 0 Å². The average molecular weight is 562 g/mol. The number of nitrogens with zero attached hydrogens (tertiary/aromatic N) is 3. The second kappa shape index (κ2) is 10.8.